The lowest BCUT2D eigenvalue weighted by atomic mass is 9.88. The Morgan fingerprint density at radius 2 is 2.06 bits per heavy atom. The number of hydrogen-bond donors (Lipinski definition) is 1. The predicted molar refractivity (Wildman–Crippen MR) is 66.8 cm³/mol. The van der Waals surface area contributed by atoms with E-state index in [0.29, 0.717) is 6.54 Å². The largest absolute Gasteiger partial charge is 0.309 e. The van der Waals surface area contributed by atoms with Gasteiger partial charge in [-0.1, -0.05) is 38.4 Å². The summed E-state index contributed by atoms with van der Waals surface area (Å²) in [5.41, 5.74) is 0.963. The summed E-state index contributed by atoms with van der Waals surface area (Å²) in [6, 6.07) is 4.95. The molecule has 1 aromatic rings. The molecule has 0 heterocycles. The van der Waals surface area contributed by atoms with Crippen molar-refractivity contribution in [2.75, 3.05) is 0 Å². The van der Waals surface area contributed by atoms with E-state index in [-0.39, 0.29) is 22.3 Å². The molecule has 0 fully saturated rings. The Morgan fingerprint density at radius 3 is 2.56 bits per heavy atom. The summed E-state index contributed by atoms with van der Waals surface area (Å²) in [5, 5.41) is 3.42. The van der Waals surface area contributed by atoms with Crippen LogP contribution in [-0.2, 0) is 6.54 Å². The van der Waals surface area contributed by atoms with Gasteiger partial charge in [0.05, 0.1) is 5.02 Å². The predicted octanol–water partition coefficient (Wildman–Crippen LogP) is 3.82. The molecule has 16 heavy (non-hydrogen) atoms. The van der Waals surface area contributed by atoms with E-state index >= 15 is 0 Å². The molecule has 0 amide bonds. The molecule has 1 radical (unpaired) electrons. The van der Waals surface area contributed by atoms with E-state index < -0.39 is 0 Å². The number of benzene rings is 1. The lowest BCUT2D eigenvalue weighted by molar-refractivity contribution is 0.310. The van der Waals surface area contributed by atoms with Gasteiger partial charge in [0.25, 0.3) is 0 Å². The summed E-state index contributed by atoms with van der Waals surface area (Å²) in [4.78, 5) is 0. The van der Waals surface area contributed by atoms with Crippen LogP contribution >= 0.6 is 11.6 Å². The van der Waals surface area contributed by atoms with Crippen LogP contribution in [0.15, 0.2) is 18.2 Å². The van der Waals surface area contributed by atoms with E-state index in [0.717, 1.165) is 5.56 Å². The van der Waals surface area contributed by atoms with Crippen LogP contribution in [0.4, 0.5) is 4.39 Å². The van der Waals surface area contributed by atoms with Crippen LogP contribution in [0, 0.1) is 18.2 Å². The van der Waals surface area contributed by atoms with E-state index in [9.17, 15) is 4.39 Å². The summed E-state index contributed by atoms with van der Waals surface area (Å²) in [7, 11) is 0. The molecular formula is C13H18ClFN. The normalized spacial score (nSPS) is 13.9. The smallest absolute Gasteiger partial charge is 0.142 e. The van der Waals surface area contributed by atoms with E-state index in [1.165, 1.54) is 6.07 Å². The minimum absolute atomic E-state index is 0.0883. The van der Waals surface area contributed by atoms with Gasteiger partial charge in [0.2, 0.25) is 0 Å². The van der Waals surface area contributed by atoms with Gasteiger partial charge in [-0.3, -0.25) is 0 Å². The molecule has 1 aromatic carbocycles. The van der Waals surface area contributed by atoms with Gasteiger partial charge < -0.3 is 5.32 Å². The molecule has 0 aliphatic rings. The molecule has 0 spiro atoms. The minimum Gasteiger partial charge on any atom is -0.309 e. The molecule has 0 saturated heterocycles. The van der Waals surface area contributed by atoms with Gasteiger partial charge in [0.15, 0.2) is 0 Å². The fraction of sp³-hybridized carbons (Fsp3) is 0.462. The highest BCUT2D eigenvalue weighted by Crippen LogP contribution is 2.19. The maximum absolute atomic E-state index is 13.2. The Kier molecular flexibility index (Phi) is 4.34. The first kappa shape index (κ1) is 13.5. The second-order valence-corrected chi connectivity index (χ2v) is 5.46. The first-order valence-corrected chi connectivity index (χ1v) is 5.69. The third-order valence-electron chi connectivity index (χ3n) is 2.58. The summed E-state index contributed by atoms with van der Waals surface area (Å²) in [6.45, 7) is 11.0. The van der Waals surface area contributed by atoms with Gasteiger partial charge in [-0.15, -0.1) is 0 Å². The van der Waals surface area contributed by atoms with Gasteiger partial charge in [-0.2, -0.15) is 0 Å². The first-order valence-electron chi connectivity index (χ1n) is 5.31. The second kappa shape index (κ2) is 5.15. The van der Waals surface area contributed by atoms with Crippen molar-refractivity contribution in [3.05, 3.63) is 41.5 Å². The molecule has 3 heteroatoms. The van der Waals surface area contributed by atoms with E-state index in [1.54, 1.807) is 6.07 Å². The standard InChI is InChI=1S/C13H18ClFN/c1-9(13(2,3)4)16-8-10-5-6-11(14)12(15)7-10/h5-7,9,16H,1,8H2,2-4H3. The summed E-state index contributed by atoms with van der Waals surface area (Å²) < 4.78 is 13.2. The minimum atomic E-state index is -0.377. The van der Waals surface area contributed by atoms with Crippen LogP contribution in [0.3, 0.4) is 0 Å². The third kappa shape index (κ3) is 3.76. The zero-order valence-electron chi connectivity index (χ0n) is 9.98. The van der Waals surface area contributed by atoms with Crippen LogP contribution in [-0.4, -0.2) is 6.04 Å². The Bertz CT molecular complexity index is 357. The molecule has 89 valence electrons. The number of rotatable bonds is 3. The van der Waals surface area contributed by atoms with Crippen molar-refractivity contribution in [1.29, 1.82) is 0 Å². The van der Waals surface area contributed by atoms with E-state index in [4.69, 9.17) is 11.6 Å². The fourth-order valence-electron chi connectivity index (χ4n) is 1.20. The molecule has 0 bridgehead atoms. The fourth-order valence-corrected chi connectivity index (χ4v) is 1.31. The van der Waals surface area contributed by atoms with Crippen molar-refractivity contribution < 1.29 is 4.39 Å². The van der Waals surface area contributed by atoms with Gasteiger partial charge in [0, 0.05) is 12.6 Å². The summed E-state index contributed by atoms with van der Waals surface area (Å²) >= 11 is 5.61. The van der Waals surface area contributed by atoms with Crippen LogP contribution in [0.5, 0.6) is 0 Å². The third-order valence-corrected chi connectivity index (χ3v) is 2.89. The molecule has 1 unspecified atom stereocenters. The Balaban J connectivity index is 2.58. The first-order chi connectivity index (χ1) is 7.30. The van der Waals surface area contributed by atoms with Gasteiger partial charge >= 0.3 is 0 Å². The molecule has 1 N–H and O–H groups in total. The molecule has 1 atom stereocenters. The van der Waals surface area contributed by atoms with Gasteiger partial charge in [-0.25, -0.2) is 4.39 Å². The Labute approximate surface area is 102 Å². The SMILES string of the molecule is [CH2]C(NCc1ccc(Cl)c(F)c1)C(C)(C)C. The zero-order chi connectivity index (χ0) is 12.3. The van der Waals surface area contributed by atoms with Crippen molar-refractivity contribution in [2.45, 2.75) is 33.4 Å². The highest BCUT2D eigenvalue weighted by molar-refractivity contribution is 6.30. The average Bonchev–Trinajstić information content (AvgIpc) is 2.18. The molecule has 0 aliphatic heterocycles. The topological polar surface area (TPSA) is 12.0 Å². The van der Waals surface area contributed by atoms with Crippen molar-refractivity contribution in [1.82, 2.24) is 5.32 Å². The van der Waals surface area contributed by atoms with Gasteiger partial charge in [-0.05, 0) is 30.0 Å². The monoisotopic (exact) mass is 242 g/mol. The lowest BCUT2D eigenvalue weighted by Gasteiger charge is -2.28. The highest BCUT2D eigenvalue weighted by atomic mass is 35.5. The molecule has 0 saturated carbocycles. The van der Waals surface area contributed by atoms with Crippen molar-refractivity contribution >= 4 is 11.6 Å². The molecule has 0 aromatic heterocycles. The Morgan fingerprint density at radius 1 is 1.44 bits per heavy atom. The Hall–Kier alpha value is -0.600. The zero-order valence-corrected chi connectivity index (χ0v) is 10.7. The van der Waals surface area contributed by atoms with Crippen molar-refractivity contribution in [3.63, 3.8) is 0 Å². The quantitative estimate of drug-likeness (QED) is 0.850. The van der Waals surface area contributed by atoms with Crippen LogP contribution in [0.1, 0.15) is 26.3 Å². The summed E-state index contributed by atoms with van der Waals surface area (Å²) in [6.07, 6.45) is 0. The van der Waals surface area contributed by atoms with Crippen LogP contribution in [0.25, 0.3) is 0 Å². The van der Waals surface area contributed by atoms with E-state index in [1.807, 2.05) is 6.07 Å². The van der Waals surface area contributed by atoms with Crippen LogP contribution < -0.4 is 5.32 Å². The number of nitrogens with one attached hydrogen (secondary N) is 1. The second-order valence-electron chi connectivity index (χ2n) is 5.05. The number of hydrogen-bond acceptors (Lipinski definition) is 1. The molecule has 0 aliphatic carbocycles. The average molecular weight is 243 g/mol. The van der Waals surface area contributed by atoms with Crippen molar-refractivity contribution in [2.24, 2.45) is 5.41 Å². The summed E-state index contributed by atoms with van der Waals surface area (Å²) in [5.74, 6) is -0.377. The van der Waals surface area contributed by atoms with Crippen molar-refractivity contribution in [3.8, 4) is 0 Å². The molecule has 1 rings (SSSR count). The molecule has 1 nitrogen and oxygen atoms in total. The van der Waals surface area contributed by atoms with Crippen LogP contribution in [0.2, 0.25) is 5.02 Å². The maximum atomic E-state index is 13.2. The maximum Gasteiger partial charge on any atom is 0.142 e. The highest BCUT2D eigenvalue weighted by Gasteiger charge is 2.19. The lowest BCUT2D eigenvalue weighted by Crippen LogP contribution is -2.37. The number of halogens is 2. The van der Waals surface area contributed by atoms with Gasteiger partial charge in [0.1, 0.15) is 5.82 Å². The molecular weight excluding hydrogens is 225 g/mol. The van der Waals surface area contributed by atoms with E-state index in [2.05, 4.69) is 33.0 Å².